The van der Waals surface area contributed by atoms with Gasteiger partial charge in [0.1, 0.15) is 0 Å². The maximum absolute atomic E-state index is 5.36. The highest BCUT2D eigenvalue weighted by Crippen LogP contribution is 1.73. The summed E-state index contributed by atoms with van der Waals surface area (Å²) in [6, 6.07) is 0. The molecule has 0 rings (SSSR count). The summed E-state index contributed by atoms with van der Waals surface area (Å²) in [6.07, 6.45) is 1.18. The fraction of sp³-hybridized carbons (Fsp3) is 1.00. The molecule has 0 aliphatic rings. The van der Waals surface area contributed by atoms with Crippen molar-refractivity contribution in [2.24, 2.45) is 5.73 Å². The molecule has 0 amide bonds. The van der Waals surface area contributed by atoms with Crippen LogP contribution in [0.2, 0.25) is 0 Å². The Morgan fingerprint density at radius 2 is 1.62 bits per heavy atom. The SMILES string of the molecule is CCCNCCOCCNCCN. The van der Waals surface area contributed by atoms with E-state index in [1.54, 1.807) is 0 Å². The third kappa shape index (κ3) is 11.8. The van der Waals surface area contributed by atoms with Crippen molar-refractivity contribution in [3.8, 4) is 0 Å². The van der Waals surface area contributed by atoms with E-state index < -0.39 is 0 Å². The minimum atomic E-state index is 0.693. The maximum atomic E-state index is 5.36. The first kappa shape index (κ1) is 12.8. The highest BCUT2D eigenvalue weighted by Gasteiger charge is 1.88. The van der Waals surface area contributed by atoms with Gasteiger partial charge in [-0.25, -0.2) is 0 Å². The Bertz CT molecular complexity index is 80.9. The van der Waals surface area contributed by atoms with Gasteiger partial charge < -0.3 is 21.1 Å². The average molecular weight is 189 g/mol. The topological polar surface area (TPSA) is 59.3 Å². The number of nitrogens with two attached hydrogens (primary N) is 1. The summed E-state index contributed by atoms with van der Waals surface area (Å²) in [7, 11) is 0. The van der Waals surface area contributed by atoms with Gasteiger partial charge in [-0.3, -0.25) is 0 Å². The molecule has 0 spiro atoms. The summed E-state index contributed by atoms with van der Waals surface area (Å²) in [6.45, 7) is 8.21. The molecular formula is C9H23N3O. The Morgan fingerprint density at radius 1 is 1.00 bits per heavy atom. The summed E-state index contributed by atoms with van der Waals surface area (Å²) in [5.41, 5.74) is 5.31. The normalized spacial score (nSPS) is 10.6. The lowest BCUT2D eigenvalue weighted by atomic mass is 10.5. The molecule has 0 aromatic carbocycles. The molecule has 0 atom stereocenters. The molecule has 80 valence electrons. The van der Waals surface area contributed by atoms with Crippen LogP contribution in [0.25, 0.3) is 0 Å². The second-order valence-corrected chi connectivity index (χ2v) is 2.90. The maximum Gasteiger partial charge on any atom is 0.0591 e. The third-order valence-corrected chi connectivity index (χ3v) is 1.59. The largest absolute Gasteiger partial charge is 0.379 e. The summed E-state index contributed by atoms with van der Waals surface area (Å²) in [4.78, 5) is 0. The van der Waals surface area contributed by atoms with Crippen molar-refractivity contribution in [3.05, 3.63) is 0 Å². The molecule has 0 radical (unpaired) electrons. The number of nitrogens with one attached hydrogen (secondary N) is 2. The van der Waals surface area contributed by atoms with Crippen LogP contribution in [0.5, 0.6) is 0 Å². The molecule has 0 heterocycles. The van der Waals surface area contributed by atoms with E-state index in [1.165, 1.54) is 6.42 Å². The number of hydrogen-bond donors (Lipinski definition) is 3. The summed E-state index contributed by atoms with van der Waals surface area (Å²) in [5.74, 6) is 0. The summed E-state index contributed by atoms with van der Waals surface area (Å²) in [5, 5.41) is 6.44. The van der Waals surface area contributed by atoms with Crippen molar-refractivity contribution in [3.63, 3.8) is 0 Å². The molecule has 0 fully saturated rings. The van der Waals surface area contributed by atoms with Crippen LogP contribution in [0.4, 0.5) is 0 Å². The molecule has 0 aliphatic carbocycles. The summed E-state index contributed by atoms with van der Waals surface area (Å²) >= 11 is 0. The monoisotopic (exact) mass is 189 g/mol. The lowest BCUT2D eigenvalue weighted by molar-refractivity contribution is 0.138. The predicted molar refractivity (Wildman–Crippen MR) is 55.9 cm³/mol. The van der Waals surface area contributed by atoms with Crippen molar-refractivity contribution in [1.82, 2.24) is 10.6 Å². The van der Waals surface area contributed by atoms with Gasteiger partial charge in [0.15, 0.2) is 0 Å². The highest BCUT2D eigenvalue weighted by molar-refractivity contribution is 4.47. The van der Waals surface area contributed by atoms with E-state index in [2.05, 4.69) is 17.6 Å². The zero-order valence-electron chi connectivity index (χ0n) is 8.64. The highest BCUT2D eigenvalue weighted by atomic mass is 16.5. The third-order valence-electron chi connectivity index (χ3n) is 1.59. The van der Waals surface area contributed by atoms with E-state index in [0.717, 1.165) is 39.4 Å². The number of hydrogen-bond acceptors (Lipinski definition) is 4. The van der Waals surface area contributed by atoms with E-state index in [9.17, 15) is 0 Å². The molecule has 4 nitrogen and oxygen atoms in total. The van der Waals surface area contributed by atoms with Crippen molar-refractivity contribution in [1.29, 1.82) is 0 Å². The minimum Gasteiger partial charge on any atom is -0.379 e. The van der Waals surface area contributed by atoms with E-state index in [1.807, 2.05) is 0 Å². The van der Waals surface area contributed by atoms with Gasteiger partial charge in [-0.05, 0) is 13.0 Å². The van der Waals surface area contributed by atoms with E-state index in [0.29, 0.717) is 6.54 Å². The van der Waals surface area contributed by atoms with Crippen molar-refractivity contribution in [2.75, 3.05) is 45.9 Å². The van der Waals surface area contributed by atoms with Gasteiger partial charge in [-0.2, -0.15) is 0 Å². The van der Waals surface area contributed by atoms with Crippen LogP contribution >= 0.6 is 0 Å². The molecular weight excluding hydrogens is 166 g/mol. The van der Waals surface area contributed by atoms with Gasteiger partial charge >= 0.3 is 0 Å². The Hall–Kier alpha value is -0.160. The van der Waals surface area contributed by atoms with Crippen molar-refractivity contribution in [2.45, 2.75) is 13.3 Å². The van der Waals surface area contributed by atoms with Crippen LogP contribution in [-0.4, -0.2) is 45.9 Å². The van der Waals surface area contributed by atoms with Crippen molar-refractivity contribution >= 4 is 0 Å². The fourth-order valence-electron chi connectivity index (χ4n) is 0.920. The number of rotatable bonds is 10. The smallest absolute Gasteiger partial charge is 0.0591 e. The average Bonchev–Trinajstić information content (AvgIpc) is 2.16. The van der Waals surface area contributed by atoms with Crippen LogP contribution in [0.15, 0.2) is 0 Å². The zero-order valence-corrected chi connectivity index (χ0v) is 8.64. The Morgan fingerprint density at radius 3 is 2.15 bits per heavy atom. The van der Waals surface area contributed by atoms with Crippen molar-refractivity contribution < 1.29 is 4.74 Å². The Balaban J connectivity index is 2.76. The second-order valence-electron chi connectivity index (χ2n) is 2.90. The lowest BCUT2D eigenvalue weighted by Crippen LogP contribution is -2.27. The first-order chi connectivity index (χ1) is 6.41. The molecule has 0 saturated carbocycles. The predicted octanol–water partition coefficient (Wildman–Crippen LogP) is -0.449. The number of ether oxygens (including phenoxy) is 1. The van der Waals surface area contributed by atoms with Gasteiger partial charge in [-0.15, -0.1) is 0 Å². The lowest BCUT2D eigenvalue weighted by Gasteiger charge is -2.05. The zero-order chi connectivity index (χ0) is 9.78. The van der Waals surface area contributed by atoms with Gasteiger partial charge in [0.25, 0.3) is 0 Å². The molecule has 0 saturated heterocycles. The molecule has 4 heteroatoms. The van der Waals surface area contributed by atoms with Gasteiger partial charge in [-0.1, -0.05) is 6.92 Å². The fourth-order valence-corrected chi connectivity index (χ4v) is 0.920. The molecule has 0 bridgehead atoms. The van der Waals surface area contributed by atoms with Crippen LogP contribution in [0.3, 0.4) is 0 Å². The van der Waals surface area contributed by atoms with Crippen LogP contribution in [0.1, 0.15) is 13.3 Å². The van der Waals surface area contributed by atoms with Gasteiger partial charge in [0.05, 0.1) is 13.2 Å². The minimum absolute atomic E-state index is 0.693. The van der Waals surface area contributed by atoms with E-state index in [-0.39, 0.29) is 0 Å². The summed E-state index contributed by atoms with van der Waals surface area (Å²) < 4.78 is 5.36. The van der Waals surface area contributed by atoms with Crippen LogP contribution < -0.4 is 16.4 Å². The Labute approximate surface area is 81.2 Å². The molecule has 0 aromatic heterocycles. The second kappa shape index (κ2) is 11.8. The van der Waals surface area contributed by atoms with Crippen LogP contribution in [-0.2, 0) is 4.74 Å². The Kier molecular flexibility index (Phi) is 11.7. The first-order valence-electron chi connectivity index (χ1n) is 5.11. The standard InChI is InChI=1S/C9H23N3O/c1-2-4-11-6-8-13-9-7-12-5-3-10/h11-12H,2-10H2,1H3. The van der Waals surface area contributed by atoms with E-state index >= 15 is 0 Å². The molecule has 0 aliphatic heterocycles. The van der Waals surface area contributed by atoms with Gasteiger partial charge in [0.2, 0.25) is 0 Å². The molecule has 13 heavy (non-hydrogen) atoms. The van der Waals surface area contributed by atoms with E-state index in [4.69, 9.17) is 10.5 Å². The first-order valence-corrected chi connectivity index (χ1v) is 5.11. The van der Waals surface area contributed by atoms with Crippen LogP contribution in [0, 0.1) is 0 Å². The quantitative estimate of drug-likeness (QED) is 0.407. The molecule has 0 unspecified atom stereocenters. The van der Waals surface area contributed by atoms with Gasteiger partial charge in [0, 0.05) is 26.2 Å². The molecule has 0 aromatic rings. The molecule has 4 N–H and O–H groups in total.